The van der Waals surface area contributed by atoms with Gasteiger partial charge in [-0.25, -0.2) is 8.42 Å². The second-order valence-corrected chi connectivity index (χ2v) is 6.93. The van der Waals surface area contributed by atoms with Crippen molar-refractivity contribution in [3.05, 3.63) is 23.8 Å². The van der Waals surface area contributed by atoms with Crippen LogP contribution in [0.5, 0.6) is 0 Å². The lowest BCUT2D eigenvalue weighted by molar-refractivity contribution is 0.598. The van der Waals surface area contributed by atoms with Gasteiger partial charge in [0.2, 0.25) is 10.0 Å². The summed E-state index contributed by atoms with van der Waals surface area (Å²) in [6, 6.07) is 5.53. The molecule has 0 aromatic heterocycles. The van der Waals surface area contributed by atoms with Gasteiger partial charge in [-0.3, -0.25) is 4.72 Å². The number of benzene rings is 1. The molecule has 19 heavy (non-hydrogen) atoms. The average Bonchev–Trinajstić information content (AvgIpc) is 2.31. The Kier molecular flexibility index (Phi) is 5.94. The third-order valence-electron chi connectivity index (χ3n) is 2.76. The number of nitrogens with one attached hydrogen (secondary N) is 1. The molecule has 0 radical (unpaired) electrons. The zero-order chi connectivity index (χ0) is 14.5. The molecule has 0 aliphatic heterocycles. The normalized spacial score (nSPS) is 11.4. The van der Waals surface area contributed by atoms with Crippen LogP contribution in [0.1, 0.15) is 18.4 Å². The fraction of sp³-hybridized carbons (Fsp3) is 0.538. The van der Waals surface area contributed by atoms with Crippen LogP contribution in [0, 0.1) is 6.92 Å². The number of hydrogen-bond donors (Lipinski definition) is 1. The van der Waals surface area contributed by atoms with Crippen LogP contribution in [0.4, 0.5) is 11.4 Å². The van der Waals surface area contributed by atoms with Gasteiger partial charge in [0.1, 0.15) is 0 Å². The molecule has 0 unspecified atom stereocenters. The third kappa shape index (κ3) is 5.28. The molecule has 1 rings (SSSR count). The predicted octanol–water partition coefficient (Wildman–Crippen LogP) is 2.82. The van der Waals surface area contributed by atoms with Crippen molar-refractivity contribution in [2.45, 2.75) is 19.8 Å². The van der Waals surface area contributed by atoms with E-state index in [4.69, 9.17) is 11.6 Å². The summed E-state index contributed by atoms with van der Waals surface area (Å²) in [6.45, 7) is 1.99. The Hall–Kier alpha value is -0.940. The zero-order valence-electron chi connectivity index (χ0n) is 11.6. The standard InChI is InChI=1S/C13H21ClN2O2S/c1-11-6-7-12(10-13(11)16(2)3)15-19(17,18)9-5-4-8-14/h6-7,10,15H,4-5,8-9H2,1-3H3. The lowest BCUT2D eigenvalue weighted by Gasteiger charge is -2.17. The largest absolute Gasteiger partial charge is 0.377 e. The first kappa shape index (κ1) is 16.1. The molecular formula is C13H21ClN2O2S. The molecule has 0 saturated heterocycles. The number of aryl methyl sites for hydroxylation is 1. The van der Waals surface area contributed by atoms with E-state index in [1.165, 1.54) is 0 Å². The Morgan fingerprint density at radius 2 is 1.95 bits per heavy atom. The molecule has 4 nitrogen and oxygen atoms in total. The van der Waals surface area contributed by atoms with Gasteiger partial charge in [0, 0.05) is 25.7 Å². The SMILES string of the molecule is Cc1ccc(NS(=O)(=O)CCCCCl)cc1N(C)C. The first-order valence-corrected chi connectivity index (χ1v) is 8.39. The van der Waals surface area contributed by atoms with Crippen LogP contribution in [0.3, 0.4) is 0 Å². The third-order valence-corrected chi connectivity index (χ3v) is 4.40. The van der Waals surface area contributed by atoms with Gasteiger partial charge in [-0.2, -0.15) is 0 Å². The van der Waals surface area contributed by atoms with E-state index in [2.05, 4.69) is 4.72 Å². The predicted molar refractivity (Wildman–Crippen MR) is 82.9 cm³/mol. The Bertz CT molecular complexity index is 515. The molecule has 1 aromatic carbocycles. The van der Waals surface area contributed by atoms with Crippen molar-refractivity contribution in [1.82, 2.24) is 0 Å². The van der Waals surface area contributed by atoms with Crippen molar-refractivity contribution in [2.75, 3.05) is 35.4 Å². The van der Waals surface area contributed by atoms with Gasteiger partial charge in [-0.05, 0) is 37.5 Å². The molecule has 0 spiro atoms. The summed E-state index contributed by atoms with van der Waals surface area (Å²) >= 11 is 5.54. The Balaban J connectivity index is 2.79. The maximum Gasteiger partial charge on any atom is 0.232 e. The molecule has 0 atom stereocenters. The Labute approximate surface area is 120 Å². The number of anilines is 2. The van der Waals surface area contributed by atoms with Crippen LogP contribution in [-0.2, 0) is 10.0 Å². The summed E-state index contributed by atoms with van der Waals surface area (Å²) in [4.78, 5) is 1.96. The lowest BCUT2D eigenvalue weighted by Crippen LogP contribution is -2.17. The van der Waals surface area contributed by atoms with E-state index in [1.54, 1.807) is 6.07 Å². The van der Waals surface area contributed by atoms with E-state index >= 15 is 0 Å². The van der Waals surface area contributed by atoms with Gasteiger partial charge >= 0.3 is 0 Å². The van der Waals surface area contributed by atoms with Crippen LogP contribution in [0.25, 0.3) is 0 Å². The van der Waals surface area contributed by atoms with Crippen LogP contribution in [-0.4, -0.2) is 34.1 Å². The number of sulfonamides is 1. The van der Waals surface area contributed by atoms with Crippen LogP contribution in [0.2, 0.25) is 0 Å². The molecule has 0 bridgehead atoms. The maximum absolute atomic E-state index is 11.9. The second-order valence-electron chi connectivity index (χ2n) is 4.71. The van der Waals surface area contributed by atoms with E-state index in [0.29, 0.717) is 24.4 Å². The molecule has 0 heterocycles. The number of rotatable bonds is 7. The van der Waals surface area contributed by atoms with Gasteiger partial charge in [0.25, 0.3) is 0 Å². The highest BCUT2D eigenvalue weighted by molar-refractivity contribution is 7.92. The van der Waals surface area contributed by atoms with E-state index < -0.39 is 10.0 Å². The molecule has 0 saturated carbocycles. The number of unbranched alkanes of at least 4 members (excludes halogenated alkanes) is 1. The summed E-state index contributed by atoms with van der Waals surface area (Å²) in [5.74, 6) is 0.593. The molecular weight excluding hydrogens is 284 g/mol. The van der Waals surface area contributed by atoms with Crippen molar-refractivity contribution in [3.63, 3.8) is 0 Å². The Morgan fingerprint density at radius 1 is 1.26 bits per heavy atom. The van der Waals surface area contributed by atoms with Crippen molar-refractivity contribution in [2.24, 2.45) is 0 Å². The number of alkyl halides is 1. The monoisotopic (exact) mass is 304 g/mol. The molecule has 1 N–H and O–H groups in total. The minimum Gasteiger partial charge on any atom is -0.377 e. The first-order chi connectivity index (χ1) is 8.85. The maximum atomic E-state index is 11.9. The molecule has 0 amide bonds. The fourth-order valence-corrected chi connectivity index (χ4v) is 3.13. The van der Waals surface area contributed by atoms with Gasteiger partial charge in [0.05, 0.1) is 11.4 Å². The number of hydrogen-bond acceptors (Lipinski definition) is 3. The fourth-order valence-electron chi connectivity index (χ4n) is 1.77. The highest BCUT2D eigenvalue weighted by atomic mass is 35.5. The van der Waals surface area contributed by atoms with E-state index in [9.17, 15) is 8.42 Å². The van der Waals surface area contributed by atoms with Gasteiger partial charge < -0.3 is 4.90 Å². The van der Waals surface area contributed by atoms with E-state index in [0.717, 1.165) is 11.3 Å². The van der Waals surface area contributed by atoms with Crippen molar-refractivity contribution >= 4 is 33.0 Å². The molecule has 0 aliphatic carbocycles. The van der Waals surface area contributed by atoms with Crippen molar-refractivity contribution < 1.29 is 8.42 Å². The minimum absolute atomic E-state index is 0.102. The van der Waals surface area contributed by atoms with Crippen molar-refractivity contribution in [3.8, 4) is 0 Å². The lowest BCUT2D eigenvalue weighted by atomic mass is 10.2. The summed E-state index contributed by atoms with van der Waals surface area (Å²) < 4.78 is 26.3. The highest BCUT2D eigenvalue weighted by Gasteiger charge is 2.11. The molecule has 6 heteroatoms. The van der Waals surface area contributed by atoms with Crippen molar-refractivity contribution in [1.29, 1.82) is 0 Å². The Morgan fingerprint density at radius 3 is 2.53 bits per heavy atom. The highest BCUT2D eigenvalue weighted by Crippen LogP contribution is 2.23. The topological polar surface area (TPSA) is 49.4 Å². The van der Waals surface area contributed by atoms with Gasteiger partial charge in [0.15, 0.2) is 0 Å². The number of nitrogens with zero attached hydrogens (tertiary/aromatic N) is 1. The summed E-state index contributed by atoms with van der Waals surface area (Å²) in [5.41, 5.74) is 2.70. The quantitative estimate of drug-likeness (QED) is 0.622. The summed E-state index contributed by atoms with van der Waals surface area (Å²) in [5, 5.41) is 0. The summed E-state index contributed by atoms with van der Waals surface area (Å²) in [6.07, 6.45) is 1.28. The molecule has 0 fully saturated rings. The molecule has 1 aromatic rings. The second kappa shape index (κ2) is 7.01. The van der Waals surface area contributed by atoms with Crippen LogP contribution < -0.4 is 9.62 Å². The average molecular weight is 305 g/mol. The smallest absolute Gasteiger partial charge is 0.232 e. The van der Waals surface area contributed by atoms with E-state index in [1.807, 2.05) is 38.1 Å². The van der Waals surface area contributed by atoms with Crippen LogP contribution in [0.15, 0.2) is 18.2 Å². The van der Waals surface area contributed by atoms with Gasteiger partial charge in [-0.1, -0.05) is 6.07 Å². The first-order valence-electron chi connectivity index (χ1n) is 6.20. The van der Waals surface area contributed by atoms with Crippen LogP contribution >= 0.6 is 11.6 Å². The zero-order valence-corrected chi connectivity index (χ0v) is 13.2. The molecule has 0 aliphatic rings. The minimum atomic E-state index is -3.29. The van der Waals surface area contributed by atoms with Gasteiger partial charge in [-0.15, -0.1) is 11.6 Å². The molecule has 108 valence electrons. The summed E-state index contributed by atoms with van der Waals surface area (Å²) in [7, 11) is 0.574. The number of halogens is 1. The van der Waals surface area contributed by atoms with E-state index in [-0.39, 0.29) is 5.75 Å².